The van der Waals surface area contributed by atoms with Gasteiger partial charge in [0.15, 0.2) is 0 Å². The van der Waals surface area contributed by atoms with Gasteiger partial charge in [0.25, 0.3) is 5.92 Å². The summed E-state index contributed by atoms with van der Waals surface area (Å²) in [5, 5.41) is 18.5. The van der Waals surface area contributed by atoms with E-state index in [0.29, 0.717) is 6.92 Å². The first-order chi connectivity index (χ1) is 6.36. The summed E-state index contributed by atoms with van der Waals surface area (Å²) in [7, 11) is 0. The SMILES string of the molecule is [CH2]Cc1c(O)cc(C(C)(F)F)nc1O. The van der Waals surface area contributed by atoms with E-state index in [9.17, 15) is 19.0 Å². The van der Waals surface area contributed by atoms with Crippen molar-refractivity contribution in [3.8, 4) is 11.6 Å². The minimum Gasteiger partial charge on any atom is -0.507 e. The second-order valence-corrected chi connectivity index (χ2v) is 2.97. The summed E-state index contributed by atoms with van der Waals surface area (Å²) in [6, 6.07) is 0.834. The van der Waals surface area contributed by atoms with Crippen molar-refractivity contribution in [3.05, 3.63) is 24.2 Å². The van der Waals surface area contributed by atoms with Gasteiger partial charge in [0, 0.05) is 13.0 Å². The van der Waals surface area contributed by atoms with E-state index in [1.807, 2.05) is 0 Å². The summed E-state index contributed by atoms with van der Waals surface area (Å²) in [4.78, 5) is 3.28. The van der Waals surface area contributed by atoms with Crippen LogP contribution in [0.25, 0.3) is 0 Å². The van der Waals surface area contributed by atoms with Crippen LogP contribution < -0.4 is 0 Å². The molecule has 5 heteroatoms. The molecule has 0 bridgehead atoms. The molecule has 0 aliphatic carbocycles. The van der Waals surface area contributed by atoms with E-state index in [0.717, 1.165) is 6.07 Å². The van der Waals surface area contributed by atoms with Gasteiger partial charge < -0.3 is 10.2 Å². The summed E-state index contributed by atoms with van der Waals surface area (Å²) < 4.78 is 25.5. The zero-order chi connectivity index (χ0) is 10.9. The maximum absolute atomic E-state index is 12.7. The molecule has 0 aliphatic heterocycles. The predicted molar refractivity (Wildman–Crippen MR) is 46.2 cm³/mol. The van der Waals surface area contributed by atoms with Crippen molar-refractivity contribution in [1.82, 2.24) is 4.98 Å². The summed E-state index contributed by atoms with van der Waals surface area (Å²) in [5.74, 6) is -4.20. The smallest absolute Gasteiger partial charge is 0.287 e. The van der Waals surface area contributed by atoms with Gasteiger partial charge in [0.2, 0.25) is 5.88 Å². The molecular weight excluding hydrogens is 192 g/mol. The van der Waals surface area contributed by atoms with Crippen molar-refractivity contribution in [2.24, 2.45) is 0 Å². The first-order valence-corrected chi connectivity index (χ1v) is 3.95. The highest BCUT2D eigenvalue weighted by Crippen LogP contribution is 2.33. The normalized spacial score (nSPS) is 11.7. The van der Waals surface area contributed by atoms with Crippen molar-refractivity contribution < 1.29 is 19.0 Å². The Kier molecular flexibility index (Phi) is 2.59. The maximum atomic E-state index is 12.7. The fourth-order valence-electron chi connectivity index (χ4n) is 1.01. The standard InChI is InChI=1S/C9H10F2NO2/c1-3-5-6(13)4-7(9(2,10)11)12-8(5)14/h4H,1,3H2,2H3,(H2,12,13,14). The highest BCUT2D eigenvalue weighted by Gasteiger charge is 2.28. The second-order valence-electron chi connectivity index (χ2n) is 2.97. The van der Waals surface area contributed by atoms with Crippen LogP contribution in [0.15, 0.2) is 6.07 Å². The first-order valence-electron chi connectivity index (χ1n) is 3.95. The highest BCUT2D eigenvalue weighted by atomic mass is 19.3. The molecule has 1 rings (SSSR count). The third-order valence-corrected chi connectivity index (χ3v) is 1.78. The van der Waals surface area contributed by atoms with Gasteiger partial charge in [-0.1, -0.05) is 0 Å². The maximum Gasteiger partial charge on any atom is 0.287 e. The van der Waals surface area contributed by atoms with Gasteiger partial charge in [0.05, 0.1) is 5.56 Å². The molecule has 0 saturated heterocycles. The quantitative estimate of drug-likeness (QED) is 0.770. The number of alkyl halides is 2. The average Bonchev–Trinajstić information content (AvgIpc) is 2.01. The van der Waals surface area contributed by atoms with Gasteiger partial charge in [-0.25, -0.2) is 4.98 Å². The molecule has 3 nitrogen and oxygen atoms in total. The van der Waals surface area contributed by atoms with Crippen LogP contribution in [0.2, 0.25) is 0 Å². The first kappa shape index (κ1) is 10.7. The number of rotatable bonds is 2. The van der Waals surface area contributed by atoms with Crippen molar-refractivity contribution in [2.45, 2.75) is 19.3 Å². The van der Waals surface area contributed by atoms with Crippen LogP contribution in [-0.2, 0) is 12.3 Å². The summed E-state index contributed by atoms with van der Waals surface area (Å²) in [6.45, 7) is 4.06. The number of nitrogens with zero attached hydrogens (tertiary/aromatic N) is 1. The van der Waals surface area contributed by atoms with E-state index in [1.54, 1.807) is 0 Å². The van der Waals surface area contributed by atoms with Crippen molar-refractivity contribution in [2.75, 3.05) is 0 Å². The third kappa shape index (κ3) is 1.92. The number of aromatic hydroxyl groups is 2. The number of hydrogen-bond acceptors (Lipinski definition) is 3. The Balaban J connectivity index is 3.28. The molecule has 1 radical (unpaired) electrons. The Morgan fingerprint density at radius 2 is 2.07 bits per heavy atom. The molecule has 2 N–H and O–H groups in total. The van der Waals surface area contributed by atoms with E-state index in [-0.39, 0.29) is 12.0 Å². The van der Waals surface area contributed by atoms with Crippen molar-refractivity contribution in [1.29, 1.82) is 0 Å². The molecule has 77 valence electrons. The molecular formula is C9H10F2NO2. The summed E-state index contributed by atoms with van der Waals surface area (Å²) in [5.41, 5.74) is -0.595. The monoisotopic (exact) mass is 202 g/mol. The van der Waals surface area contributed by atoms with Crippen LogP contribution in [0.5, 0.6) is 11.6 Å². The van der Waals surface area contributed by atoms with E-state index < -0.39 is 23.2 Å². The van der Waals surface area contributed by atoms with Gasteiger partial charge >= 0.3 is 0 Å². The van der Waals surface area contributed by atoms with E-state index in [2.05, 4.69) is 11.9 Å². The Bertz CT molecular complexity index is 324. The lowest BCUT2D eigenvalue weighted by Gasteiger charge is -2.12. The molecule has 0 aliphatic rings. The topological polar surface area (TPSA) is 53.4 Å². The molecule has 0 saturated carbocycles. The zero-order valence-corrected chi connectivity index (χ0v) is 7.59. The lowest BCUT2D eigenvalue weighted by molar-refractivity contribution is 0.0119. The number of aromatic nitrogens is 1. The molecule has 14 heavy (non-hydrogen) atoms. The van der Waals surface area contributed by atoms with Gasteiger partial charge in [-0.05, 0) is 13.3 Å². The lowest BCUT2D eigenvalue weighted by atomic mass is 10.1. The van der Waals surface area contributed by atoms with Gasteiger partial charge in [-0.2, -0.15) is 8.78 Å². The molecule has 1 heterocycles. The number of halogens is 2. The van der Waals surface area contributed by atoms with Gasteiger partial charge in [-0.3, -0.25) is 0 Å². The van der Waals surface area contributed by atoms with Crippen LogP contribution in [-0.4, -0.2) is 15.2 Å². The molecule has 0 spiro atoms. The zero-order valence-electron chi connectivity index (χ0n) is 7.59. The fraction of sp³-hybridized carbons (Fsp3) is 0.333. The lowest BCUT2D eigenvalue weighted by Crippen LogP contribution is -2.10. The summed E-state index contributed by atoms with van der Waals surface area (Å²) >= 11 is 0. The molecule has 0 atom stereocenters. The molecule has 0 fully saturated rings. The number of pyridine rings is 1. The van der Waals surface area contributed by atoms with E-state index in [4.69, 9.17) is 0 Å². The fourth-order valence-corrected chi connectivity index (χ4v) is 1.01. The van der Waals surface area contributed by atoms with E-state index in [1.165, 1.54) is 0 Å². The minimum absolute atomic E-state index is 0.0676. The predicted octanol–water partition coefficient (Wildman–Crippen LogP) is 1.98. The molecule has 1 aromatic heterocycles. The van der Waals surface area contributed by atoms with Gasteiger partial charge in [-0.15, -0.1) is 0 Å². The van der Waals surface area contributed by atoms with Crippen molar-refractivity contribution in [3.63, 3.8) is 0 Å². The van der Waals surface area contributed by atoms with Gasteiger partial charge in [0.1, 0.15) is 11.4 Å². The average molecular weight is 202 g/mol. The number of hydrogen-bond donors (Lipinski definition) is 2. The Labute approximate surface area is 80.0 Å². The Morgan fingerprint density at radius 3 is 2.43 bits per heavy atom. The largest absolute Gasteiger partial charge is 0.507 e. The molecule has 1 aromatic rings. The van der Waals surface area contributed by atoms with Crippen molar-refractivity contribution >= 4 is 0 Å². The van der Waals surface area contributed by atoms with Crippen LogP contribution in [0.4, 0.5) is 8.78 Å². The third-order valence-electron chi connectivity index (χ3n) is 1.78. The molecule has 0 aromatic carbocycles. The Hall–Kier alpha value is -1.39. The summed E-state index contributed by atoms with van der Waals surface area (Å²) in [6.07, 6.45) is 0.0836. The minimum atomic E-state index is -3.19. The van der Waals surface area contributed by atoms with E-state index >= 15 is 0 Å². The Morgan fingerprint density at radius 1 is 1.50 bits per heavy atom. The highest BCUT2D eigenvalue weighted by molar-refractivity contribution is 5.41. The van der Waals surface area contributed by atoms with Crippen LogP contribution in [0, 0.1) is 6.92 Å². The molecule has 0 unspecified atom stereocenters. The van der Waals surface area contributed by atoms with Crippen LogP contribution >= 0.6 is 0 Å². The molecule has 0 amide bonds. The second kappa shape index (κ2) is 3.40. The van der Waals surface area contributed by atoms with Crippen LogP contribution in [0.1, 0.15) is 18.2 Å². The van der Waals surface area contributed by atoms with Crippen LogP contribution in [0.3, 0.4) is 0 Å².